The van der Waals surface area contributed by atoms with Crippen LogP contribution in [0.5, 0.6) is 0 Å². The van der Waals surface area contributed by atoms with Crippen molar-refractivity contribution in [1.29, 1.82) is 0 Å². The van der Waals surface area contributed by atoms with Crippen molar-refractivity contribution in [3.8, 4) is 0 Å². The Morgan fingerprint density at radius 2 is 1.82 bits per heavy atom. The van der Waals surface area contributed by atoms with Gasteiger partial charge in [0.05, 0.1) is 6.42 Å². The van der Waals surface area contributed by atoms with E-state index in [1.165, 1.54) is 5.56 Å². The predicted molar refractivity (Wildman–Crippen MR) is 69.2 cm³/mol. The first kappa shape index (κ1) is 13.7. The van der Waals surface area contributed by atoms with E-state index in [4.69, 9.17) is 5.11 Å². The lowest BCUT2D eigenvalue weighted by Gasteiger charge is -2.21. The number of rotatable bonds is 4. The average Bonchev–Trinajstić information content (AvgIpc) is 2.24. The summed E-state index contributed by atoms with van der Waals surface area (Å²) >= 11 is 0. The number of carboxylic acids is 1. The van der Waals surface area contributed by atoms with Crippen LogP contribution in [0, 0.1) is 0 Å². The van der Waals surface area contributed by atoms with E-state index in [9.17, 15) is 4.79 Å². The van der Waals surface area contributed by atoms with Gasteiger partial charge >= 0.3 is 5.97 Å². The van der Waals surface area contributed by atoms with Crippen molar-refractivity contribution in [1.82, 2.24) is 5.32 Å². The number of carbonyl (C=O) groups is 1. The summed E-state index contributed by atoms with van der Waals surface area (Å²) in [6, 6.07) is 8.03. The molecule has 0 saturated heterocycles. The first-order chi connectivity index (χ1) is 7.84. The van der Waals surface area contributed by atoms with Gasteiger partial charge in [0.2, 0.25) is 0 Å². The van der Waals surface area contributed by atoms with Crippen LogP contribution in [0.2, 0.25) is 0 Å². The van der Waals surface area contributed by atoms with Crippen LogP contribution in [-0.2, 0) is 10.2 Å². The maximum Gasteiger partial charge on any atom is 0.305 e. The zero-order chi connectivity index (χ0) is 13.1. The fourth-order valence-corrected chi connectivity index (χ4v) is 1.78. The van der Waals surface area contributed by atoms with Gasteiger partial charge in [-0.05, 0) is 23.6 Å². The highest BCUT2D eigenvalue weighted by atomic mass is 16.4. The second-order valence-corrected chi connectivity index (χ2v) is 5.31. The lowest BCUT2D eigenvalue weighted by Crippen LogP contribution is -2.20. The first-order valence-electron chi connectivity index (χ1n) is 5.84. The molecule has 0 fully saturated rings. The van der Waals surface area contributed by atoms with Gasteiger partial charge in [-0.1, -0.05) is 45.0 Å². The van der Waals surface area contributed by atoms with Gasteiger partial charge in [-0.25, -0.2) is 0 Å². The molecule has 0 saturated carbocycles. The molecule has 0 radical (unpaired) electrons. The molecule has 1 aromatic carbocycles. The molecular formula is C14H21NO2. The van der Waals surface area contributed by atoms with Crippen molar-refractivity contribution in [2.24, 2.45) is 0 Å². The summed E-state index contributed by atoms with van der Waals surface area (Å²) in [6.07, 6.45) is 0.103. The predicted octanol–water partition coefficient (Wildman–Crippen LogP) is 2.72. The summed E-state index contributed by atoms with van der Waals surface area (Å²) in [5.41, 5.74) is 2.40. The summed E-state index contributed by atoms with van der Waals surface area (Å²) in [7, 11) is 1.78. The molecule has 0 aliphatic carbocycles. The smallest absolute Gasteiger partial charge is 0.305 e. The van der Waals surface area contributed by atoms with Crippen LogP contribution >= 0.6 is 0 Å². The molecule has 0 aromatic heterocycles. The van der Waals surface area contributed by atoms with Crippen molar-refractivity contribution in [2.75, 3.05) is 7.05 Å². The first-order valence-corrected chi connectivity index (χ1v) is 5.84. The average molecular weight is 235 g/mol. The second kappa shape index (κ2) is 5.32. The van der Waals surface area contributed by atoms with Crippen LogP contribution in [0.3, 0.4) is 0 Å². The standard InChI is InChI=1S/C14H21NO2/c1-14(2,3)11-7-5-10(6-8-11)12(15-4)9-13(16)17/h5-8,12,15H,9H2,1-4H3,(H,16,17). The summed E-state index contributed by atoms with van der Waals surface area (Å²) in [5.74, 6) is -0.788. The van der Waals surface area contributed by atoms with Crippen LogP contribution in [0.15, 0.2) is 24.3 Å². The van der Waals surface area contributed by atoms with Gasteiger partial charge in [0.25, 0.3) is 0 Å². The minimum absolute atomic E-state index is 0.103. The summed E-state index contributed by atoms with van der Waals surface area (Å²) in [5, 5.41) is 11.8. The van der Waals surface area contributed by atoms with E-state index in [0.717, 1.165) is 5.56 Å². The molecule has 1 atom stereocenters. The number of carboxylic acid groups (broad SMARTS) is 1. The molecule has 0 aliphatic rings. The van der Waals surface area contributed by atoms with Gasteiger partial charge < -0.3 is 10.4 Å². The minimum atomic E-state index is -0.788. The molecule has 17 heavy (non-hydrogen) atoms. The van der Waals surface area contributed by atoms with Gasteiger partial charge in [0.15, 0.2) is 0 Å². The molecule has 0 heterocycles. The molecule has 1 rings (SSSR count). The van der Waals surface area contributed by atoms with E-state index in [0.29, 0.717) is 0 Å². The van der Waals surface area contributed by atoms with Crippen molar-refractivity contribution < 1.29 is 9.90 Å². The van der Waals surface area contributed by atoms with E-state index >= 15 is 0 Å². The Labute approximate surface area is 103 Å². The zero-order valence-electron chi connectivity index (χ0n) is 10.9. The number of nitrogens with one attached hydrogen (secondary N) is 1. The normalized spacial score (nSPS) is 13.4. The largest absolute Gasteiger partial charge is 0.481 e. The van der Waals surface area contributed by atoms with Gasteiger partial charge in [-0.3, -0.25) is 4.79 Å². The molecule has 1 unspecified atom stereocenters. The zero-order valence-corrected chi connectivity index (χ0v) is 10.9. The van der Waals surface area contributed by atoms with Gasteiger partial charge in [-0.15, -0.1) is 0 Å². The minimum Gasteiger partial charge on any atom is -0.481 e. The Bertz CT molecular complexity index is 376. The molecule has 0 amide bonds. The van der Waals surface area contributed by atoms with Crippen LogP contribution in [0.4, 0.5) is 0 Å². The Morgan fingerprint density at radius 3 is 2.18 bits per heavy atom. The Morgan fingerprint density at radius 1 is 1.29 bits per heavy atom. The summed E-state index contributed by atoms with van der Waals surface area (Å²) in [6.45, 7) is 6.48. The van der Waals surface area contributed by atoms with Gasteiger partial charge in [0, 0.05) is 6.04 Å². The van der Waals surface area contributed by atoms with Crippen molar-refractivity contribution in [3.05, 3.63) is 35.4 Å². The number of aliphatic carboxylic acids is 1. The highest BCUT2D eigenvalue weighted by molar-refractivity contribution is 5.67. The third kappa shape index (κ3) is 3.86. The number of benzene rings is 1. The monoisotopic (exact) mass is 235 g/mol. The lowest BCUT2D eigenvalue weighted by molar-refractivity contribution is -0.137. The molecule has 0 spiro atoms. The second-order valence-electron chi connectivity index (χ2n) is 5.31. The summed E-state index contributed by atoms with van der Waals surface area (Å²) < 4.78 is 0. The van der Waals surface area contributed by atoms with Gasteiger partial charge in [-0.2, -0.15) is 0 Å². The Balaban J connectivity index is 2.89. The van der Waals surface area contributed by atoms with E-state index < -0.39 is 5.97 Å². The molecule has 3 heteroatoms. The maximum absolute atomic E-state index is 10.7. The van der Waals surface area contributed by atoms with Crippen molar-refractivity contribution in [3.63, 3.8) is 0 Å². The highest BCUT2D eigenvalue weighted by Crippen LogP contribution is 2.24. The fraction of sp³-hybridized carbons (Fsp3) is 0.500. The van der Waals surface area contributed by atoms with Crippen LogP contribution < -0.4 is 5.32 Å². The van der Waals surface area contributed by atoms with Gasteiger partial charge in [0.1, 0.15) is 0 Å². The van der Waals surface area contributed by atoms with E-state index in [1.54, 1.807) is 7.05 Å². The third-order valence-corrected chi connectivity index (χ3v) is 2.91. The van der Waals surface area contributed by atoms with E-state index in [1.807, 2.05) is 12.1 Å². The summed E-state index contributed by atoms with van der Waals surface area (Å²) in [4.78, 5) is 10.7. The van der Waals surface area contributed by atoms with E-state index in [-0.39, 0.29) is 17.9 Å². The molecule has 1 aromatic rings. The van der Waals surface area contributed by atoms with Crippen LogP contribution in [0.25, 0.3) is 0 Å². The molecule has 94 valence electrons. The van der Waals surface area contributed by atoms with Crippen molar-refractivity contribution >= 4 is 5.97 Å². The molecule has 0 bridgehead atoms. The third-order valence-electron chi connectivity index (χ3n) is 2.91. The number of hydrogen-bond donors (Lipinski definition) is 2. The van der Waals surface area contributed by atoms with Crippen LogP contribution in [0.1, 0.15) is 44.4 Å². The van der Waals surface area contributed by atoms with Crippen LogP contribution in [-0.4, -0.2) is 18.1 Å². The molecule has 2 N–H and O–H groups in total. The maximum atomic E-state index is 10.7. The number of hydrogen-bond acceptors (Lipinski definition) is 2. The highest BCUT2D eigenvalue weighted by Gasteiger charge is 2.16. The molecular weight excluding hydrogens is 214 g/mol. The Hall–Kier alpha value is -1.35. The fourth-order valence-electron chi connectivity index (χ4n) is 1.78. The topological polar surface area (TPSA) is 49.3 Å². The molecule has 3 nitrogen and oxygen atoms in total. The SMILES string of the molecule is CNC(CC(=O)O)c1ccc(C(C)(C)C)cc1. The lowest BCUT2D eigenvalue weighted by atomic mass is 9.86. The molecule has 0 aliphatic heterocycles. The Kier molecular flexibility index (Phi) is 4.29. The van der Waals surface area contributed by atoms with E-state index in [2.05, 4.69) is 38.2 Å². The quantitative estimate of drug-likeness (QED) is 0.843. The van der Waals surface area contributed by atoms with Crippen molar-refractivity contribution in [2.45, 2.75) is 38.6 Å².